The molecule has 5 nitrogen and oxygen atoms in total. The van der Waals surface area contributed by atoms with Crippen LogP contribution in [0.5, 0.6) is 0 Å². The van der Waals surface area contributed by atoms with Crippen LogP contribution in [0, 0.1) is 12.7 Å². The number of alkyl halides is 3. The second-order valence-corrected chi connectivity index (χ2v) is 7.21. The molecule has 4 aromatic rings. The molecule has 0 atom stereocenters. The highest BCUT2D eigenvalue weighted by molar-refractivity contribution is 7.20. The molecule has 2 aromatic heterocycles. The summed E-state index contributed by atoms with van der Waals surface area (Å²) in [6, 6.07) is 10.2. The van der Waals surface area contributed by atoms with Gasteiger partial charge in [0, 0.05) is 11.6 Å². The van der Waals surface area contributed by atoms with Gasteiger partial charge in [-0.15, -0.1) is 0 Å². The van der Waals surface area contributed by atoms with E-state index in [1.165, 1.54) is 28.2 Å². The molecular weight excluding hydrogens is 408 g/mol. The van der Waals surface area contributed by atoms with Gasteiger partial charge in [0.2, 0.25) is 5.13 Å². The average molecular weight is 420 g/mol. The molecule has 1 amide bonds. The number of carbonyl (C=O) groups excluding carboxylic acids is 1. The molecular formula is C19H12F4N4OS. The maximum atomic E-state index is 13.9. The predicted molar refractivity (Wildman–Crippen MR) is 101 cm³/mol. The van der Waals surface area contributed by atoms with Crippen molar-refractivity contribution in [3.05, 3.63) is 71.2 Å². The van der Waals surface area contributed by atoms with E-state index < -0.39 is 23.5 Å². The van der Waals surface area contributed by atoms with Crippen LogP contribution in [0.25, 0.3) is 15.3 Å². The topological polar surface area (TPSA) is 59.8 Å². The molecule has 0 saturated heterocycles. The van der Waals surface area contributed by atoms with E-state index in [0.717, 1.165) is 18.2 Å². The lowest BCUT2D eigenvalue weighted by Gasteiger charge is -2.09. The van der Waals surface area contributed by atoms with Gasteiger partial charge >= 0.3 is 6.18 Å². The highest BCUT2D eigenvalue weighted by atomic mass is 32.1. The summed E-state index contributed by atoms with van der Waals surface area (Å²) < 4.78 is 54.6. The molecule has 0 spiro atoms. The number of anilines is 1. The number of amides is 1. The van der Waals surface area contributed by atoms with Gasteiger partial charge in [0.25, 0.3) is 5.91 Å². The number of para-hydroxylation sites is 1. The molecule has 2 aromatic carbocycles. The van der Waals surface area contributed by atoms with Crippen LogP contribution in [-0.2, 0) is 6.18 Å². The summed E-state index contributed by atoms with van der Waals surface area (Å²) in [4.78, 5) is 16.7. The Morgan fingerprint density at radius 2 is 1.90 bits per heavy atom. The van der Waals surface area contributed by atoms with Crippen molar-refractivity contribution in [3.8, 4) is 5.13 Å². The van der Waals surface area contributed by atoms with Crippen LogP contribution < -0.4 is 5.32 Å². The molecule has 4 rings (SSSR count). The number of hydrogen-bond donors (Lipinski definition) is 1. The van der Waals surface area contributed by atoms with Crippen LogP contribution in [0.3, 0.4) is 0 Å². The summed E-state index contributed by atoms with van der Waals surface area (Å²) in [5.41, 5.74) is -0.350. The summed E-state index contributed by atoms with van der Waals surface area (Å²) in [6.45, 7) is 1.68. The standard InChI is InChI=1S/C19H12F4N4OS/c1-10-8-15(24-17(28)11-4-2-5-12(9-11)19(21,22)23)27(26-10)18-25-16-13(20)6-3-7-14(16)29-18/h2-9H,1H3,(H,24,28). The Kier molecular flexibility index (Phi) is 4.58. The number of nitrogens with one attached hydrogen (secondary N) is 1. The van der Waals surface area contributed by atoms with Crippen molar-refractivity contribution >= 4 is 33.3 Å². The lowest BCUT2D eigenvalue weighted by molar-refractivity contribution is -0.137. The third-order valence-electron chi connectivity index (χ3n) is 4.06. The molecule has 0 bridgehead atoms. The number of thiazole rings is 1. The van der Waals surface area contributed by atoms with Crippen molar-refractivity contribution < 1.29 is 22.4 Å². The normalized spacial score (nSPS) is 11.8. The van der Waals surface area contributed by atoms with E-state index in [1.54, 1.807) is 25.1 Å². The Balaban J connectivity index is 1.68. The number of aryl methyl sites for hydroxylation is 1. The van der Waals surface area contributed by atoms with Gasteiger partial charge in [-0.3, -0.25) is 4.79 Å². The molecule has 0 aliphatic rings. The fraction of sp³-hybridized carbons (Fsp3) is 0.105. The van der Waals surface area contributed by atoms with Gasteiger partial charge in [-0.2, -0.15) is 23.0 Å². The average Bonchev–Trinajstić information content (AvgIpc) is 3.25. The first-order chi connectivity index (χ1) is 13.7. The number of aromatic nitrogens is 3. The van der Waals surface area contributed by atoms with Crippen molar-refractivity contribution in [2.24, 2.45) is 0 Å². The Labute approximate surface area is 165 Å². The fourth-order valence-electron chi connectivity index (χ4n) is 2.75. The number of nitrogens with zero attached hydrogens (tertiary/aromatic N) is 3. The summed E-state index contributed by atoms with van der Waals surface area (Å²) >= 11 is 1.17. The largest absolute Gasteiger partial charge is 0.416 e. The first kappa shape index (κ1) is 19.1. The van der Waals surface area contributed by atoms with Gasteiger partial charge < -0.3 is 5.32 Å². The quantitative estimate of drug-likeness (QED) is 0.464. The third kappa shape index (κ3) is 3.70. The van der Waals surface area contributed by atoms with Crippen LogP contribution >= 0.6 is 11.3 Å². The minimum Gasteiger partial charge on any atom is -0.306 e. The zero-order valence-electron chi connectivity index (χ0n) is 14.8. The van der Waals surface area contributed by atoms with Gasteiger partial charge in [-0.05, 0) is 37.3 Å². The van der Waals surface area contributed by atoms with Gasteiger partial charge in [0.15, 0.2) is 0 Å². The molecule has 2 heterocycles. The van der Waals surface area contributed by atoms with E-state index in [-0.39, 0.29) is 16.9 Å². The van der Waals surface area contributed by atoms with Crippen LogP contribution in [0.1, 0.15) is 21.6 Å². The lowest BCUT2D eigenvalue weighted by Crippen LogP contribution is -2.16. The first-order valence-electron chi connectivity index (χ1n) is 8.33. The van der Waals surface area contributed by atoms with E-state index in [0.29, 0.717) is 15.5 Å². The Morgan fingerprint density at radius 3 is 2.62 bits per heavy atom. The Bertz CT molecular complexity index is 1230. The molecule has 0 fully saturated rings. The fourth-order valence-corrected chi connectivity index (χ4v) is 3.70. The summed E-state index contributed by atoms with van der Waals surface area (Å²) in [5, 5.41) is 7.12. The molecule has 10 heteroatoms. The van der Waals surface area contributed by atoms with Crippen molar-refractivity contribution in [1.29, 1.82) is 0 Å². The molecule has 148 valence electrons. The Morgan fingerprint density at radius 1 is 1.14 bits per heavy atom. The first-order valence-corrected chi connectivity index (χ1v) is 9.15. The number of halogens is 4. The predicted octanol–water partition coefficient (Wildman–Crippen LogP) is 5.20. The number of benzene rings is 2. The molecule has 0 unspecified atom stereocenters. The van der Waals surface area contributed by atoms with E-state index in [2.05, 4.69) is 15.4 Å². The van der Waals surface area contributed by atoms with Crippen molar-refractivity contribution in [2.45, 2.75) is 13.1 Å². The SMILES string of the molecule is Cc1cc(NC(=O)c2cccc(C(F)(F)F)c2)n(-c2nc3c(F)cccc3s2)n1. The molecule has 0 aliphatic carbocycles. The highest BCUT2D eigenvalue weighted by Crippen LogP contribution is 2.31. The second kappa shape index (κ2) is 6.96. The van der Waals surface area contributed by atoms with Gasteiger partial charge in [-0.1, -0.05) is 23.5 Å². The van der Waals surface area contributed by atoms with Crippen molar-refractivity contribution in [2.75, 3.05) is 5.32 Å². The zero-order valence-corrected chi connectivity index (χ0v) is 15.6. The molecule has 1 N–H and O–H groups in total. The van der Waals surface area contributed by atoms with Gasteiger partial charge in [-0.25, -0.2) is 9.37 Å². The number of rotatable bonds is 3. The van der Waals surface area contributed by atoms with Crippen molar-refractivity contribution in [3.63, 3.8) is 0 Å². The number of fused-ring (bicyclic) bond motifs is 1. The number of carbonyl (C=O) groups is 1. The minimum absolute atomic E-state index is 0.152. The maximum Gasteiger partial charge on any atom is 0.416 e. The zero-order chi connectivity index (χ0) is 20.8. The van der Waals surface area contributed by atoms with E-state index in [1.807, 2.05) is 0 Å². The third-order valence-corrected chi connectivity index (χ3v) is 5.06. The van der Waals surface area contributed by atoms with Gasteiger partial charge in [0.05, 0.1) is 16.0 Å². The number of hydrogen-bond acceptors (Lipinski definition) is 4. The summed E-state index contributed by atoms with van der Waals surface area (Å²) in [7, 11) is 0. The smallest absolute Gasteiger partial charge is 0.306 e. The Hall–Kier alpha value is -3.27. The minimum atomic E-state index is -4.56. The summed E-state index contributed by atoms with van der Waals surface area (Å²) in [6.07, 6.45) is -4.56. The van der Waals surface area contributed by atoms with E-state index in [9.17, 15) is 22.4 Å². The van der Waals surface area contributed by atoms with Crippen LogP contribution in [0.2, 0.25) is 0 Å². The maximum absolute atomic E-state index is 13.9. The molecule has 0 saturated carbocycles. The van der Waals surface area contributed by atoms with Crippen LogP contribution in [0.4, 0.5) is 23.4 Å². The second-order valence-electron chi connectivity index (χ2n) is 6.20. The molecule has 0 aliphatic heterocycles. The molecule has 0 radical (unpaired) electrons. The molecule has 29 heavy (non-hydrogen) atoms. The van der Waals surface area contributed by atoms with E-state index >= 15 is 0 Å². The van der Waals surface area contributed by atoms with Crippen molar-refractivity contribution in [1.82, 2.24) is 14.8 Å². The lowest BCUT2D eigenvalue weighted by atomic mass is 10.1. The van der Waals surface area contributed by atoms with Gasteiger partial charge in [0.1, 0.15) is 17.2 Å². The van der Waals surface area contributed by atoms with Crippen LogP contribution in [-0.4, -0.2) is 20.7 Å². The van der Waals surface area contributed by atoms with Crippen LogP contribution in [0.15, 0.2) is 48.5 Å². The van der Waals surface area contributed by atoms with E-state index in [4.69, 9.17) is 0 Å². The summed E-state index contributed by atoms with van der Waals surface area (Å²) in [5.74, 6) is -1.00. The highest BCUT2D eigenvalue weighted by Gasteiger charge is 2.31. The monoisotopic (exact) mass is 420 g/mol.